The molecule has 3 aromatic rings. The first-order valence-corrected chi connectivity index (χ1v) is 10.4. The van der Waals surface area contributed by atoms with Gasteiger partial charge in [0.1, 0.15) is 29.1 Å². The monoisotopic (exact) mass is 440 g/mol. The second-order valence-electron chi connectivity index (χ2n) is 7.66. The summed E-state index contributed by atoms with van der Waals surface area (Å²) in [6.07, 6.45) is 3.46. The number of benzene rings is 3. The van der Waals surface area contributed by atoms with Crippen LogP contribution in [-0.4, -0.2) is 25.0 Å². The van der Waals surface area contributed by atoms with Crippen molar-refractivity contribution < 1.29 is 28.5 Å². The number of Topliss-reactive ketones (excluding diaryl/α,β-unsaturated/α-hetero) is 1. The number of carbonyl (C=O) groups excluding carboxylic acids is 2. The minimum absolute atomic E-state index is 0.199. The summed E-state index contributed by atoms with van der Waals surface area (Å²) in [5.41, 5.74) is 2.57. The first-order valence-electron chi connectivity index (χ1n) is 10.4. The second-order valence-corrected chi connectivity index (χ2v) is 7.66. The molecule has 0 aromatic heterocycles. The molecule has 0 saturated carbocycles. The number of ether oxygens (including phenoxy) is 4. The van der Waals surface area contributed by atoms with Gasteiger partial charge >= 0.3 is 5.97 Å². The summed E-state index contributed by atoms with van der Waals surface area (Å²) in [7, 11) is 1.55. The van der Waals surface area contributed by atoms with Gasteiger partial charge < -0.3 is 18.9 Å². The number of rotatable bonds is 4. The molecule has 6 nitrogen and oxygen atoms in total. The lowest BCUT2D eigenvalue weighted by molar-refractivity contribution is 0.0734. The summed E-state index contributed by atoms with van der Waals surface area (Å²) >= 11 is 0. The quantitative estimate of drug-likeness (QED) is 0.314. The zero-order chi connectivity index (χ0) is 22.9. The van der Waals surface area contributed by atoms with Gasteiger partial charge in [-0.2, -0.15) is 0 Å². The van der Waals surface area contributed by atoms with Crippen molar-refractivity contribution in [2.75, 3.05) is 7.11 Å². The van der Waals surface area contributed by atoms with Crippen molar-refractivity contribution in [2.45, 2.75) is 13.0 Å². The summed E-state index contributed by atoms with van der Waals surface area (Å²) < 4.78 is 22.3. The topological polar surface area (TPSA) is 71.1 Å². The smallest absolute Gasteiger partial charge is 0.343 e. The van der Waals surface area contributed by atoms with E-state index in [2.05, 4.69) is 0 Å². The van der Waals surface area contributed by atoms with Crippen LogP contribution in [0.15, 0.2) is 84.1 Å². The molecule has 0 fully saturated rings. The highest BCUT2D eigenvalue weighted by Gasteiger charge is 2.29. The molecule has 3 aromatic carbocycles. The lowest BCUT2D eigenvalue weighted by atomic mass is 10.0. The van der Waals surface area contributed by atoms with Crippen molar-refractivity contribution in [3.8, 4) is 23.0 Å². The van der Waals surface area contributed by atoms with Crippen molar-refractivity contribution in [1.82, 2.24) is 0 Å². The molecule has 164 valence electrons. The number of ketones is 1. The SMILES string of the molecule is COc1ccc(C(=O)Oc2ccc3c(c2)O/C(=C\C2=Cc4ccccc4O[C@H]2C)C3=O)cc1. The van der Waals surface area contributed by atoms with Crippen molar-refractivity contribution in [3.05, 3.63) is 101 Å². The van der Waals surface area contributed by atoms with Gasteiger partial charge in [0.15, 0.2) is 5.76 Å². The zero-order valence-electron chi connectivity index (χ0n) is 18.0. The molecule has 2 aliphatic heterocycles. The van der Waals surface area contributed by atoms with E-state index in [4.69, 9.17) is 18.9 Å². The third kappa shape index (κ3) is 3.99. The van der Waals surface area contributed by atoms with Crippen LogP contribution in [0.5, 0.6) is 23.0 Å². The average Bonchev–Trinajstić information content (AvgIpc) is 3.14. The number of hydrogen-bond acceptors (Lipinski definition) is 6. The summed E-state index contributed by atoms with van der Waals surface area (Å²) in [5, 5.41) is 0. The van der Waals surface area contributed by atoms with E-state index in [0.717, 1.165) is 16.9 Å². The molecule has 5 rings (SSSR count). The summed E-state index contributed by atoms with van der Waals surface area (Å²) in [6, 6.07) is 19.0. The molecule has 6 heteroatoms. The molecule has 0 radical (unpaired) electrons. The van der Waals surface area contributed by atoms with Crippen molar-refractivity contribution >= 4 is 17.8 Å². The molecule has 0 N–H and O–H groups in total. The van der Waals surface area contributed by atoms with Crippen LogP contribution >= 0.6 is 0 Å². The van der Waals surface area contributed by atoms with E-state index in [-0.39, 0.29) is 23.4 Å². The highest BCUT2D eigenvalue weighted by atomic mass is 16.5. The molecule has 33 heavy (non-hydrogen) atoms. The molecule has 2 aliphatic rings. The number of methoxy groups -OCH3 is 1. The van der Waals surface area contributed by atoms with Gasteiger partial charge in [-0.25, -0.2) is 4.79 Å². The van der Waals surface area contributed by atoms with Crippen LogP contribution in [0.2, 0.25) is 0 Å². The highest BCUT2D eigenvalue weighted by Crippen LogP contribution is 2.36. The van der Waals surface area contributed by atoms with Crippen LogP contribution in [-0.2, 0) is 0 Å². The number of esters is 1. The van der Waals surface area contributed by atoms with Gasteiger partial charge in [0, 0.05) is 11.6 Å². The van der Waals surface area contributed by atoms with E-state index < -0.39 is 5.97 Å². The minimum atomic E-state index is -0.519. The summed E-state index contributed by atoms with van der Waals surface area (Å²) in [6.45, 7) is 1.92. The zero-order valence-corrected chi connectivity index (χ0v) is 18.0. The Kier molecular flexibility index (Phi) is 5.18. The Bertz CT molecular complexity index is 1320. The lowest BCUT2D eigenvalue weighted by Crippen LogP contribution is -2.18. The number of hydrogen-bond donors (Lipinski definition) is 0. The standard InChI is InChI=1S/C27H20O6/c1-16-19(13-18-5-3-4-6-23(18)31-16)14-25-26(28)22-12-11-21(15-24(22)33-25)32-27(29)17-7-9-20(30-2)10-8-17/h3-16H,1-2H3/b25-14-/t16-/m0/s1. The molecule has 1 atom stereocenters. The van der Waals surface area contributed by atoms with Gasteiger partial charge in [-0.15, -0.1) is 0 Å². The van der Waals surface area contributed by atoms with Crippen LogP contribution in [0.25, 0.3) is 6.08 Å². The number of para-hydroxylation sites is 1. The fraction of sp³-hybridized carbons (Fsp3) is 0.111. The average molecular weight is 440 g/mol. The van der Waals surface area contributed by atoms with E-state index >= 15 is 0 Å². The number of fused-ring (bicyclic) bond motifs is 2. The Morgan fingerprint density at radius 2 is 1.73 bits per heavy atom. The van der Waals surface area contributed by atoms with E-state index in [1.165, 1.54) is 0 Å². The predicted octanol–water partition coefficient (Wildman–Crippen LogP) is 5.24. The molecular weight excluding hydrogens is 420 g/mol. The molecular formula is C27H20O6. The van der Waals surface area contributed by atoms with Gasteiger partial charge in [-0.05, 0) is 67.1 Å². The van der Waals surface area contributed by atoms with Gasteiger partial charge in [0.2, 0.25) is 5.78 Å². The third-order valence-corrected chi connectivity index (χ3v) is 5.49. The molecule has 0 unspecified atom stereocenters. The summed E-state index contributed by atoms with van der Waals surface area (Å²) in [4.78, 5) is 25.3. The second kappa shape index (κ2) is 8.31. The minimum Gasteiger partial charge on any atom is -0.497 e. The fourth-order valence-electron chi connectivity index (χ4n) is 3.70. The molecule has 0 aliphatic carbocycles. The maximum atomic E-state index is 12.9. The van der Waals surface area contributed by atoms with Gasteiger partial charge in [0.05, 0.1) is 18.2 Å². The number of carbonyl (C=O) groups is 2. The first kappa shape index (κ1) is 20.6. The van der Waals surface area contributed by atoms with Gasteiger partial charge in [0.25, 0.3) is 0 Å². The van der Waals surface area contributed by atoms with E-state index in [9.17, 15) is 9.59 Å². The number of allylic oxidation sites excluding steroid dienone is 1. The Hall–Kier alpha value is -4.32. The largest absolute Gasteiger partial charge is 0.497 e. The van der Waals surface area contributed by atoms with Gasteiger partial charge in [-0.3, -0.25) is 4.79 Å². The van der Waals surface area contributed by atoms with Crippen molar-refractivity contribution in [1.29, 1.82) is 0 Å². The third-order valence-electron chi connectivity index (χ3n) is 5.49. The molecule has 2 heterocycles. The van der Waals surface area contributed by atoms with Crippen molar-refractivity contribution in [2.24, 2.45) is 0 Å². The van der Waals surface area contributed by atoms with Crippen LogP contribution in [0.3, 0.4) is 0 Å². The summed E-state index contributed by atoms with van der Waals surface area (Å²) in [5.74, 6) is 1.52. The van der Waals surface area contributed by atoms with Crippen LogP contribution < -0.4 is 18.9 Å². The van der Waals surface area contributed by atoms with Gasteiger partial charge in [-0.1, -0.05) is 18.2 Å². The first-order chi connectivity index (χ1) is 16.0. The Balaban J connectivity index is 1.36. The predicted molar refractivity (Wildman–Crippen MR) is 122 cm³/mol. The van der Waals surface area contributed by atoms with Crippen molar-refractivity contribution in [3.63, 3.8) is 0 Å². The van der Waals surface area contributed by atoms with Crippen LogP contribution in [0.1, 0.15) is 33.2 Å². The van der Waals surface area contributed by atoms with E-state index in [1.54, 1.807) is 55.7 Å². The molecule has 0 saturated heterocycles. The Labute approximate surface area is 190 Å². The normalized spacial score (nSPS) is 17.4. The van der Waals surface area contributed by atoms with Crippen LogP contribution in [0, 0.1) is 0 Å². The van der Waals surface area contributed by atoms with E-state index in [0.29, 0.717) is 22.6 Å². The molecule has 0 bridgehead atoms. The highest BCUT2D eigenvalue weighted by molar-refractivity contribution is 6.12. The molecule has 0 spiro atoms. The maximum Gasteiger partial charge on any atom is 0.343 e. The molecule has 0 amide bonds. The van der Waals surface area contributed by atoms with E-state index in [1.807, 2.05) is 37.3 Å². The lowest BCUT2D eigenvalue weighted by Gasteiger charge is -2.22. The Morgan fingerprint density at radius 1 is 0.970 bits per heavy atom. The maximum absolute atomic E-state index is 12.9. The van der Waals surface area contributed by atoms with Crippen LogP contribution in [0.4, 0.5) is 0 Å². The fourth-order valence-corrected chi connectivity index (χ4v) is 3.70. The Morgan fingerprint density at radius 3 is 2.52 bits per heavy atom.